The smallest absolute Gasteiger partial charge is 0.237 e. The lowest BCUT2D eigenvalue weighted by molar-refractivity contribution is -0.138. The van der Waals surface area contributed by atoms with Crippen LogP contribution in [0.2, 0.25) is 0 Å². The van der Waals surface area contributed by atoms with Crippen LogP contribution in [-0.4, -0.2) is 47.8 Å². The zero-order valence-corrected chi connectivity index (χ0v) is 12.3. The molecular weight excluding hydrogens is 270 g/mol. The molecule has 3 unspecified atom stereocenters. The van der Waals surface area contributed by atoms with Gasteiger partial charge in [0, 0.05) is 32.0 Å². The van der Waals surface area contributed by atoms with Gasteiger partial charge in [0.2, 0.25) is 17.7 Å². The van der Waals surface area contributed by atoms with Crippen molar-refractivity contribution in [3.8, 4) is 0 Å². The van der Waals surface area contributed by atoms with Crippen LogP contribution in [0.4, 0.5) is 0 Å². The number of likely N-dealkylation sites (tertiary alicyclic amines) is 1. The fourth-order valence-corrected chi connectivity index (χ4v) is 3.81. The van der Waals surface area contributed by atoms with Crippen LogP contribution in [0.5, 0.6) is 0 Å². The molecule has 0 bridgehead atoms. The molecule has 0 aromatic heterocycles. The number of hydrogen-bond donors (Lipinski definition) is 2. The molecule has 2 heterocycles. The lowest BCUT2D eigenvalue weighted by Crippen LogP contribution is -2.45. The van der Waals surface area contributed by atoms with Crippen LogP contribution in [0.15, 0.2) is 0 Å². The van der Waals surface area contributed by atoms with Crippen molar-refractivity contribution in [3.05, 3.63) is 0 Å². The number of carbonyl (C=O) groups excluding carboxylic acids is 3. The summed E-state index contributed by atoms with van der Waals surface area (Å²) in [4.78, 5) is 36.4. The molecule has 21 heavy (non-hydrogen) atoms. The van der Waals surface area contributed by atoms with Crippen LogP contribution >= 0.6 is 0 Å². The Morgan fingerprint density at radius 3 is 2.62 bits per heavy atom. The number of nitrogens with one attached hydrogen (secondary N) is 2. The Bertz CT molecular complexity index is 421. The van der Waals surface area contributed by atoms with Crippen LogP contribution in [0.1, 0.15) is 44.9 Å². The Balaban J connectivity index is 1.42. The van der Waals surface area contributed by atoms with Gasteiger partial charge in [-0.2, -0.15) is 0 Å². The highest BCUT2D eigenvalue weighted by Gasteiger charge is 2.38. The molecule has 3 rings (SSSR count). The van der Waals surface area contributed by atoms with Crippen molar-refractivity contribution in [2.24, 2.45) is 5.92 Å². The molecule has 116 valence electrons. The van der Waals surface area contributed by atoms with E-state index in [-0.39, 0.29) is 23.8 Å². The number of fused-ring (bicyclic) bond motifs is 1. The van der Waals surface area contributed by atoms with E-state index in [1.54, 1.807) is 0 Å². The number of nitrogens with zero attached hydrogens (tertiary/aromatic N) is 1. The van der Waals surface area contributed by atoms with Gasteiger partial charge in [0.05, 0.1) is 6.04 Å². The molecule has 1 aliphatic carbocycles. The first-order valence-electron chi connectivity index (χ1n) is 8.02. The van der Waals surface area contributed by atoms with Gasteiger partial charge in [-0.25, -0.2) is 0 Å². The van der Waals surface area contributed by atoms with Gasteiger partial charge in [0.1, 0.15) is 0 Å². The van der Waals surface area contributed by atoms with E-state index in [4.69, 9.17) is 0 Å². The van der Waals surface area contributed by atoms with Gasteiger partial charge in [-0.3, -0.25) is 19.3 Å². The van der Waals surface area contributed by atoms with E-state index >= 15 is 0 Å². The average Bonchev–Trinajstić information content (AvgIpc) is 3.04. The summed E-state index contributed by atoms with van der Waals surface area (Å²) in [6.07, 6.45) is 6.44. The molecule has 3 atom stereocenters. The molecule has 2 aliphatic heterocycles. The molecule has 3 amide bonds. The minimum atomic E-state index is -0.126. The van der Waals surface area contributed by atoms with Crippen LogP contribution in [0.25, 0.3) is 0 Å². The number of rotatable bonds is 4. The van der Waals surface area contributed by atoms with Crippen molar-refractivity contribution in [1.29, 1.82) is 0 Å². The zero-order valence-electron chi connectivity index (χ0n) is 12.3. The van der Waals surface area contributed by atoms with Crippen LogP contribution < -0.4 is 10.6 Å². The van der Waals surface area contributed by atoms with E-state index in [1.165, 1.54) is 30.6 Å². The van der Waals surface area contributed by atoms with E-state index in [0.717, 1.165) is 6.42 Å². The first-order chi connectivity index (χ1) is 10.1. The highest BCUT2D eigenvalue weighted by atomic mass is 16.2. The Hall–Kier alpha value is -1.43. The normalized spacial score (nSPS) is 32.4. The van der Waals surface area contributed by atoms with Gasteiger partial charge in [-0.1, -0.05) is 12.8 Å². The Labute approximate surface area is 124 Å². The first-order valence-corrected chi connectivity index (χ1v) is 8.02. The molecule has 6 nitrogen and oxygen atoms in total. The third-order valence-electron chi connectivity index (χ3n) is 4.97. The summed E-state index contributed by atoms with van der Waals surface area (Å²) >= 11 is 0. The summed E-state index contributed by atoms with van der Waals surface area (Å²) in [7, 11) is 0. The minimum absolute atomic E-state index is 0.00324. The Kier molecular flexibility index (Phi) is 4.24. The standard InChI is InChI=1S/C15H23N3O3/c19-13-5-6-14(20)18(13)8-7-16-15(21)12-9-10-3-1-2-4-11(10)17-12/h10-12,17H,1-9H2,(H,16,21). The van der Waals surface area contributed by atoms with Crippen LogP contribution in [0, 0.1) is 5.92 Å². The SMILES string of the molecule is O=C(NCCN1C(=O)CCC1=O)C1CC2CCCCC2N1. The second-order valence-corrected chi connectivity index (χ2v) is 6.34. The molecule has 6 heteroatoms. The number of imide groups is 1. The molecule has 0 aromatic rings. The van der Waals surface area contributed by atoms with Gasteiger partial charge in [-0.05, 0) is 25.2 Å². The molecule has 2 saturated heterocycles. The molecular formula is C15H23N3O3. The van der Waals surface area contributed by atoms with Crippen LogP contribution in [-0.2, 0) is 14.4 Å². The number of carbonyl (C=O) groups is 3. The third kappa shape index (κ3) is 3.10. The highest BCUT2D eigenvalue weighted by molar-refractivity contribution is 6.01. The summed E-state index contributed by atoms with van der Waals surface area (Å²) in [5.74, 6) is 0.387. The third-order valence-corrected chi connectivity index (χ3v) is 4.97. The lowest BCUT2D eigenvalue weighted by atomic mass is 9.85. The second kappa shape index (κ2) is 6.13. The topological polar surface area (TPSA) is 78.5 Å². The first kappa shape index (κ1) is 14.5. The fraction of sp³-hybridized carbons (Fsp3) is 0.800. The quantitative estimate of drug-likeness (QED) is 0.724. The number of amides is 3. The van der Waals surface area contributed by atoms with Gasteiger partial charge < -0.3 is 10.6 Å². The van der Waals surface area contributed by atoms with Crippen molar-refractivity contribution in [1.82, 2.24) is 15.5 Å². The zero-order chi connectivity index (χ0) is 14.8. The fourth-order valence-electron chi connectivity index (χ4n) is 3.81. The summed E-state index contributed by atoms with van der Waals surface area (Å²) in [5, 5.41) is 6.28. The second-order valence-electron chi connectivity index (χ2n) is 6.34. The van der Waals surface area contributed by atoms with E-state index in [1.807, 2.05) is 0 Å². The molecule has 1 saturated carbocycles. The maximum Gasteiger partial charge on any atom is 0.237 e. The molecule has 3 fully saturated rings. The van der Waals surface area contributed by atoms with E-state index in [0.29, 0.717) is 37.9 Å². The van der Waals surface area contributed by atoms with Gasteiger partial charge in [0.15, 0.2) is 0 Å². The van der Waals surface area contributed by atoms with Gasteiger partial charge >= 0.3 is 0 Å². The summed E-state index contributed by atoms with van der Waals surface area (Å²) in [5.41, 5.74) is 0. The van der Waals surface area contributed by atoms with Crippen molar-refractivity contribution in [3.63, 3.8) is 0 Å². The average molecular weight is 293 g/mol. The van der Waals surface area contributed by atoms with E-state index in [2.05, 4.69) is 10.6 Å². The molecule has 0 aromatic carbocycles. The van der Waals surface area contributed by atoms with Gasteiger partial charge in [0.25, 0.3) is 0 Å². The summed E-state index contributed by atoms with van der Waals surface area (Å²) in [6, 6.07) is 0.388. The Morgan fingerprint density at radius 2 is 1.90 bits per heavy atom. The number of hydrogen-bond acceptors (Lipinski definition) is 4. The molecule has 0 spiro atoms. The highest BCUT2D eigenvalue weighted by Crippen LogP contribution is 2.33. The minimum Gasteiger partial charge on any atom is -0.353 e. The maximum absolute atomic E-state index is 12.2. The monoisotopic (exact) mass is 293 g/mol. The lowest BCUT2D eigenvalue weighted by Gasteiger charge is -2.24. The predicted octanol–water partition coefficient (Wildman–Crippen LogP) is 0.172. The van der Waals surface area contributed by atoms with E-state index < -0.39 is 0 Å². The molecule has 3 aliphatic rings. The van der Waals surface area contributed by atoms with Crippen molar-refractivity contribution >= 4 is 17.7 Å². The largest absolute Gasteiger partial charge is 0.353 e. The summed E-state index contributed by atoms with van der Waals surface area (Å²) in [6.45, 7) is 0.646. The van der Waals surface area contributed by atoms with Gasteiger partial charge in [-0.15, -0.1) is 0 Å². The van der Waals surface area contributed by atoms with Crippen LogP contribution in [0.3, 0.4) is 0 Å². The summed E-state index contributed by atoms with van der Waals surface area (Å²) < 4.78 is 0. The Morgan fingerprint density at radius 1 is 1.19 bits per heavy atom. The molecule has 0 radical (unpaired) electrons. The van der Waals surface area contributed by atoms with Crippen molar-refractivity contribution in [2.75, 3.05) is 13.1 Å². The predicted molar refractivity (Wildman–Crippen MR) is 76.3 cm³/mol. The van der Waals surface area contributed by atoms with E-state index in [9.17, 15) is 14.4 Å². The molecule has 2 N–H and O–H groups in total. The van der Waals surface area contributed by atoms with Crippen molar-refractivity contribution < 1.29 is 14.4 Å². The van der Waals surface area contributed by atoms with Crippen molar-refractivity contribution in [2.45, 2.75) is 57.0 Å². The maximum atomic E-state index is 12.2.